The third-order valence-electron chi connectivity index (χ3n) is 5.16. The van der Waals surface area contributed by atoms with E-state index in [4.69, 9.17) is 21.4 Å². The number of hydrogen-bond acceptors (Lipinski definition) is 4. The molecule has 32 heavy (non-hydrogen) atoms. The molecular formula is C24H31ClN4O2Si. The van der Waals surface area contributed by atoms with Crippen LogP contribution in [0.3, 0.4) is 0 Å². The van der Waals surface area contributed by atoms with Crippen LogP contribution < -0.4 is 5.32 Å². The van der Waals surface area contributed by atoms with E-state index in [1.165, 1.54) is 0 Å². The van der Waals surface area contributed by atoms with Crippen molar-refractivity contribution in [2.24, 2.45) is 0 Å². The summed E-state index contributed by atoms with van der Waals surface area (Å²) in [6.07, 6.45) is 4.48. The predicted molar refractivity (Wildman–Crippen MR) is 133 cm³/mol. The molecule has 1 N–H and O–H groups in total. The molecule has 3 rings (SSSR count). The van der Waals surface area contributed by atoms with Gasteiger partial charge in [0, 0.05) is 49.6 Å². The second-order valence-electron chi connectivity index (χ2n) is 9.08. The quantitative estimate of drug-likeness (QED) is 0.300. The van der Waals surface area contributed by atoms with Crippen molar-refractivity contribution in [3.05, 3.63) is 64.9 Å². The molecule has 0 fully saturated rings. The van der Waals surface area contributed by atoms with Crippen LogP contribution in [-0.2, 0) is 22.7 Å². The van der Waals surface area contributed by atoms with Gasteiger partial charge in [0.2, 0.25) is 5.91 Å². The summed E-state index contributed by atoms with van der Waals surface area (Å²) in [6, 6.07) is 12.5. The minimum Gasteiger partial charge on any atom is -0.359 e. The van der Waals surface area contributed by atoms with Gasteiger partial charge < -0.3 is 10.1 Å². The first-order valence-corrected chi connectivity index (χ1v) is 14.9. The minimum atomic E-state index is -1.18. The van der Waals surface area contributed by atoms with Gasteiger partial charge in [-0.3, -0.25) is 9.78 Å². The second kappa shape index (κ2) is 10.9. The molecular weight excluding hydrogens is 440 g/mol. The van der Waals surface area contributed by atoms with E-state index in [9.17, 15) is 4.79 Å². The molecule has 0 saturated carbocycles. The predicted octanol–water partition coefficient (Wildman–Crippen LogP) is 5.79. The lowest BCUT2D eigenvalue weighted by Crippen LogP contribution is -2.22. The normalized spacial score (nSPS) is 11.5. The van der Waals surface area contributed by atoms with Gasteiger partial charge in [0.25, 0.3) is 0 Å². The number of carbonyl (C=O) groups is 1. The average molecular weight is 471 g/mol. The summed E-state index contributed by atoms with van der Waals surface area (Å²) in [5.41, 5.74) is 3.75. The van der Waals surface area contributed by atoms with Gasteiger partial charge >= 0.3 is 0 Å². The topological polar surface area (TPSA) is 69.0 Å². The highest BCUT2D eigenvalue weighted by Gasteiger charge is 2.19. The van der Waals surface area contributed by atoms with Crippen LogP contribution in [0.25, 0.3) is 11.3 Å². The molecule has 3 aromatic rings. The molecule has 2 aromatic heterocycles. The standard InChI is InChI=1S/C24H31ClN4O2Si/c1-18-23(20-11-13-26-14-12-20)28-29(17-31-15-16-32(2,3)4)24(18)27-22(30)10-7-19-5-8-21(25)9-6-19/h5-6,8-9,11-14H,7,10,15-17H2,1-4H3,(H,27,30). The Balaban J connectivity index is 1.73. The van der Waals surface area contributed by atoms with E-state index in [1.54, 1.807) is 17.1 Å². The van der Waals surface area contributed by atoms with Crippen LogP contribution in [0.5, 0.6) is 0 Å². The molecule has 0 atom stereocenters. The smallest absolute Gasteiger partial charge is 0.225 e. The lowest BCUT2D eigenvalue weighted by Gasteiger charge is -2.16. The second-order valence-corrected chi connectivity index (χ2v) is 15.1. The monoisotopic (exact) mass is 470 g/mol. The molecule has 170 valence electrons. The van der Waals surface area contributed by atoms with Crippen molar-refractivity contribution < 1.29 is 9.53 Å². The largest absolute Gasteiger partial charge is 0.359 e. The molecule has 0 aliphatic heterocycles. The molecule has 2 heterocycles. The number of carbonyl (C=O) groups excluding carboxylic acids is 1. The van der Waals surface area contributed by atoms with E-state index < -0.39 is 8.07 Å². The maximum atomic E-state index is 12.7. The van der Waals surface area contributed by atoms with E-state index in [0.29, 0.717) is 37.0 Å². The van der Waals surface area contributed by atoms with Crippen LogP contribution in [0.4, 0.5) is 5.82 Å². The number of aromatic nitrogens is 3. The van der Waals surface area contributed by atoms with Gasteiger partial charge in [0.05, 0.1) is 5.69 Å². The van der Waals surface area contributed by atoms with Crippen LogP contribution in [0, 0.1) is 6.92 Å². The van der Waals surface area contributed by atoms with Crippen LogP contribution >= 0.6 is 11.6 Å². The van der Waals surface area contributed by atoms with Gasteiger partial charge in [-0.2, -0.15) is 5.10 Å². The zero-order valence-electron chi connectivity index (χ0n) is 19.2. The number of ether oxygens (including phenoxy) is 1. The number of aryl methyl sites for hydroxylation is 1. The molecule has 0 aliphatic rings. The summed E-state index contributed by atoms with van der Waals surface area (Å²) in [5.74, 6) is 0.610. The highest BCUT2D eigenvalue weighted by molar-refractivity contribution is 6.76. The highest BCUT2D eigenvalue weighted by atomic mass is 35.5. The van der Waals surface area contributed by atoms with Crippen LogP contribution in [0.1, 0.15) is 17.5 Å². The third-order valence-corrected chi connectivity index (χ3v) is 7.12. The Hall–Kier alpha value is -2.48. The summed E-state index contributed by atoms with van der Waals surface area (Å²) in [7, 11) is -1.18. The number of anilines is 1. The van der Waals surface area contributed by atoms with Crippen molar-refractivity contribution in [2.45, 2.75) is 52.2 Å². The van der Waals surface area contributed by atoms with E-state index in [0.717, 1.165) is 28.4 Å². The Bertz CT molecular complexity index is 1030. The first-order chi connectivity index (χ1) is 15.2. The van der Waals surface area contributed by atoms with Crippen molar-refractivity contribution in [1.29, 1.82) is 0 Å². The Morgan fingerprint density at radius 1 is 1.12 bits per heavy atom. The maximum absolute atomic E-state index is 12.7. The molecule has 8 heteroatoms. The molecule has 0 bridgehead atoms. The van der Waals surface area contributed by atoms with Crippen molar-refractivity contribution >= 4 is 31.4 Å². The zero-order valence-corrected chi connectivity index (χ0v) is 20.9. The van der Waals surface area contributed by atoms with E-state index in [1.807, 2.05) is 43.3 Å². The van der Waals surface area contributed by atoms with Gasteiger partial charge in [0.1, 0.15) is 12.5 Å². The Morgan fingerprint density at radius 2 is 1.81 bits per heavy atom. The molecule has 0 unspecified atom stereocenters. The number of hydrogen-bond donors (Lipinski definition) is 1. The summed E-state index contributed by atoms with van der Waals surface area (Å²) in [6.45, 7) is 9.91. The number of nitrogens with zero attached hydrogens (tertiary/aromatic N) is 3. The first-order valence-electron chi connectivity index (χ1n) is 10.8. The van der Waals surface area contributed by atoms with Crippen LogP contribution in [0.2, 0.25) is 30.7 Å². The lowest BCUT2D eigenvalue weighted by atomic mass is 10.1. The fraction of sp³-hybridized carbons (Fsp3) is 0.375. The number of amides is 1. The molecule has 1 amide bonds. The van der Waals surface area contributed by atoms with E-state index in [2.05, 4.69) is 29.9 Å². The van der Waals surface area contributed by atoms with Gasteiger partial charge in [-0.05, 0) is 49.2 Å². The third kappa shape index (κ3) is 7.02. The number of rotatable bonds is 10. The Labute approximate surface area is 196 Å². The van der Waals surface area contributed by atoms with Gasteiger partial charge in [-0.15, -0.1) is 0 Å². The molecule has 0 aliphatic carbocycles. The van der Waals surface area contributed by atoms with Crippen molar-refractivity contribution in [2.75, 3.05) is 11.9 Å². The van der Waals surface area contributed by atoms with Crippen molar-refractivity contribution in [1.82, 2.24) is 14.8 Å². The maximum Gasteiger partial charge on any atom is 0.225 e. The molecule has 0 spiro atoms. The first kappa shape index (κ1) is 24.2. The fourth-order valence-corrected chi connectivity index (χ4v) is 4.10. The minimum absolute atomic E-state index is 0.0624. The molecule has 0 saturated heterocycles. The van der Waals surface area contributed by atoms with E-state index >= 15 is 0 Å². The molecule has 6 nitrogen and oxygen atoms in total. The van der Waals surface area contributed by atoms with Crippen molar-refractivity contribution in [3.8, 4) is 11.3 Å². The van der Waals surface area contributed by atoms with Gasteiger partial charge in [0.15, 0.2) is 0 Å². The van der Waals surface area contributed by atoms with E-state index in [-0.39, 0.29) is 5.91 Å². The summed E-state index contributed by atoms with van der Waals surface area (Å²) >= 11 is 5.94. The van der Waals surface area contributed by atoms with Gasteiger partial charge in [-0.1, -0.05) is 43.4 Å². The summed E-state index contributed by atoms with van der Waals surface area (Å²) in [4.78, 5) is 16.8. The Kier molecular flexibility index (Phi) is 8.23. The molecule has 0 radical (unpaired) electrons. The van der Waals surface area contributed by atoms with Crippen LogP contribution in [0.15, 0.2) is 48.8 Å². The summed E-state index contributed by atoms with van der Waals surface area (Å²) in [5, 5.41) is 8.49. The zero-order chi connectivity index (χ0) is 23.1. The number of nitrogens with one attached hydrogen (secondary N) is 1. The molecule has 1 aromatic carbocycles. The average Bonchev–Trinajstić information content (AvgIpc) is 3.06. The van der Waals surface area contributed by atoms with Crippen molar-refractivity contribution in [3.63, 3.8) is 0 Å². The van der Waals surface area contributed by atoms with Gasteiger partial charge in [-0.25, -0.2) is 4.68 Å². The summed E-state index contributed by atoms with van der Waals surface area (Å²) < 4.78 is 7.67. The SMILES string of the molecule is Cc1c(-c2ccncc2)nn(COCC[Si](C)(C)C)c1NC(=O)CCc1ccc(Cl)cc1. The number of halogens is 1. The lowest BCUT2D eigenvalue weighted by molar-refractivity contribution is -0.116. The number of benzene rings is 1. The number of pyridine rings is 1. The van der Waals surface area contributed by atoms with Crippen LogP contribution in [-0.4, -0.2) is 35.4 Å². The fourth-order valence-electron chi connectivity index (χ4n) is 3.22. The highest BCUT2D eigenvalue weighted by Crippen LogP contribution is 2.28. The Morgan fingerprint density at radius 3 is 2.47 bits per heavy atom.